The van der Waals surface area contributed by atoms with E-state index in [1.54, 1.807) is 0 Å². The van der Waals surface area contributed by atoms with Gasteiger partial charge in [0.2, 0.25) is 0 Å². The third-order valence-electron chi connectivity index (χ3n) is 10.8. The number of hydrogen-bond acceptors (Lipinski definition) is 4. The van der Waals surface area contributed by atoms with Gasteiger partial charge in [0, 0.05) is 44.3 Å². The van der Waals surface area contributed by atoms with E-state index in [4.69, 9.17) is 13.8 Å². The zero-order valence-corrected chi connectivity index (χ0v) is 30.5. The Morgan fingerprint density at radius 3 is 2.07 bits per heavy atom. The van der Waals surface area contributed by atoms with Gasteiger partial charge in [-0.05, 0) is 95.8 Å². The number of benzene rings is 7. The van der Waals surface area contributed by atoms with Crippen LogP contribution in [0.1, 0.15) is 36.6 Å². The minimum absolute atomic E-state index is 0.122. The summed E-state index contributed by atoms with van der Waals surface area (Å²) in [5.41, 5.74) is 14.2. The molecule has 0 aliphatic rings. The second-order valence-electron chi connectivity index (χ2n) is 14.2. The van der Waals surface area contributed by atoms with Gasteiger partial charge < -0.3 is 8.83 Å². The van der Waals surface area contributed by atoms with Crippen LogP contribution >= 0.6 is 0 Å². The van der Waals surface area contributed by atoms with Gasteiger partial charge in [0.25, 0.3) is 0 Å². The number of furan rings is 2. The molecule has 0 unspecified atom stereocenters. The summed E-state index contributed by atoms with van der Waals surface area (Å²) in [5.74, 6) is 0. The van der Waals surface area contributed by atoms with Crippen LogP contribution in [0, 0.1) is 0 Å². The van der Waals surface area contributed by atoms with Crippen molar-refractivity contribution in [3.8, 4) is 22.3 Å². The topological polar surface area (TPSA) is 51.5 Å². The molecule has 10 aromatic rings. The van der Waals surface area contributed by atoms with Crippen LogP contribution in [0.4, 0.5) is 0 Å². The first-order chi connectivity index (χ1) is 27.1. The molecule has 3 heterocycles. The van der Waals surface area contributed by atoms with Crippen LogP contribution in [0.5, 0.6) is 0 Å². The van der Waals surface area contributed by atoms with Gasteiger partial charge in [0.1, 0.15) is 22.3 Å². The number of nitrogens with zero attached hydrogens (tertiary/aromatic N) is 2. The Labute approximate surface area is 318 Å². The highest BCUT2D eigenvalue weighted by Gasteiger charge is 2.20. The molecule has 0 radical (unpaired) electrons. The maximum Gasteiger partial charge on any atom is 0.143 e. The molecule has 4 nitrogen and oxygen atoms in total. The number of aromatic nitrogens is 1. The van der Waals surface area contributed by atoms with Gasteiger partial charge in [0.15, 0.2) is 0 Å². The molecule has 0 spiro atoms. The van der Waals surface area contributed by atoms with Crippen LogP contribution < -0.4 is 0 Å². The Balaban J connectivity index is 1.13. The standard InChI is InChI=1S/C51H36N2O2/c1-32(34-12-4-3-5-13-34)30-46(53-33(2)35-20-22-36(23-21-35)38-28-29-52-45-17-9-6-14-40(38)45)42-26-25-39(51-50(42)43-16-8-11-19-48(43)55-51)37-24-27-49-44(31-37)41-15-7-10-18-47(41)54-49/h3-31,33H,1-2H3/b32-30+,53-46?/t33-/m1/s1. The van der Waals surface area contributed by atoms with E-state index in [-0.39, 0.29) is 6.04 Å². The molecule has 0 amide bonds. The van der Waals surface area contributed by atoms with Crippen molar-refractivity contribution >= 4 is 66.1 Å². The lowest BCUT2D eigenvalue weighted by Crippen LogP contribution is -2.03. The van der Waals surface area contributed by atoms with Crippen LogP contribution in [0.15, 0.2) is 190 Å². The van der Waals surface area contributed by atoms with E-state index < -0.39 is 0 Å². The van der Waals surface area contributed by atoms with Crippen LogP contribution in [-0.4, -0.2) is 10.7 Å². The predicted octanol–water partition coefficient (Wildman–Crippen LogP) is 14.0. The molecule has 262 valence electrons. The van der Waals surface area contributed by atoms with Crippen LogP contribution in [-0.2, 0) is 0 Å². The third kappa shape index (κ3) is 5.80. The normalized spacial score (nSPS) is 13.1. The first kappa shape index (κ1) is 32.6. The molecule has 10 rings (SSSR count). The summed E-state index contributed by atoms with van der Waals surface area (Å²) in [6.07, 6.45) is 4.11. The molecule has 55 heavy (non-hydrogen) atoms. The Morgan fingerprint density at radius 2 is 1.25 bits per heavy atom. The quantitative estimate of drug-likeness (QED) is 0.155. The molecule has 4 heteroatoms. The average molecular weight is 709 g/mol. The average Bonchev–Trinajstić information content (AvgIpc) is 3.82. The number of pyridine rings is 1. The maximum atomic E-state index is 6.77. The smallest absolute Gasteiger partial charge is 0.143 e. The molecule has 0 aliphatic carbocycles. The predicted molar refractivity (Wildman–Crippen MR) is 229 cm³/mol. The van der Waals surface area contributed by atoms with Crippen molar-refractivity contribution in [3.05, 3.63) is 193 Å². The number of rotatable bonds is 7. The lowest BCUT2D eigenvalue weighted by atomic mass is 9.93. The fourth-order valence-corrected chi connectivity index (χ4v) is 7.91. The lowest BCUT2D eigenvalue weighted by Gasteiger charge is -2.14. The van der Waals surface area contributed by atoms with Crippen LogP contribution in [0.25, 0.3) is 82.6 Å². The van der Waals surface area contributed by atoms with Crippen molar-refractivity contribution in [2.75, 3.05) is 0 Å². The summed E-state index contributed by atoms with van der Waals surface area (Å²) in [7, 11) is 0. The highest BCUT2D eigenvalue weighted by atomic mass is 16.3. The van der Waals surface area contributed by atoms with Crippen molar-refractivity contribution in [2.45, 2.75) is 19.9 Å². The Bertz CT molecular complexity index is 3110. The molecule has 0 N–H and O–H groups in total. The number of fused-ring (bicyclic) bond motifs is 7. The maximum absolute atomic E-state index is 6.77. The lowest BCUT2D eigenvalue weighted by molar-refractivity contribution is 0.668. The van der Waals surface area contributed by atoms with E-state index in [1.165, 1.54) is 5.56 Å². The highest BCUT2D eigenvalue weighted by molar-refractivity contribution is 6.25. The van der Waals surface area contributed by atoms with Crippen LogP contribution in [0.2, 0.25) is 0 Å². The zero-order chi connectivity index (χ0) is 36.9. The minimum Gasteiger partial charge on any atom is -0.456 e. The van der Waals surface area contributed by atoms with Crippen molar-refractivity contribution in [3.63, 3.8) is 0 Å². The fraction of sp³-hybridized carbons (Fsp3) is 0.0588. The third-order valence-corrected chi connectivity index (χ3v) is 10.8. The first-order valence-corrected chi connectivity index (χ1v) is 18.7. The molecule has 0 aliphatic heterocycles. The molecule has 7 aromatic carbocycles. The SMILES string of the molecule is C/C(=C\C(=N[C@H](C)c1ccc(-c2ccnc3ccccc23)cc1)c1ccc(-c2ccc3oc4ccccc4c3c2)c2oc3ccccc3c12)c1ccccc1. The first-order valence-electron chi connectivity index (χ1n) is 18.7. The summed E-state index contributed by atoms with van der Waals surface area (Å²) in [4.78, 5) is 10.1. The molecule has 0 saturated heterocycles. The summed E-state index contributed by atoms with van der Waals surface area (Å²) < 4.78 is 12.9. The van der Waals surface area contributed by atoms with Gasteiger partial charge in [-0.1, -0.05) is 121 Å². The second kappa shape index (κ2) is 13.4. The largest absolute Gasteiger partial charge is 0.456 e. The molecule has 3 aromatic heterocycles. The fourth-order valence-electron chi connectivity index (χ4n) is 7.91. The molecule has 0 bridgehead atoms. The summed E-state index contributed by atoms with van der Waals surface area (Å²) >= 11 is 0. The number of hydrogen-bond donors (Lipinski definition) is 0. The minimum atomic E-state index is -0.122. The number of aliphatic imine (C=N–C) groups is 1. The number of para-hydroxylation sites is 3. The highest BCUT2D eigenvalue weighted by Crippen LogP contribution is 2.41. The van der Waals surface area contributed by atoms with Crippen LogP contribution in [0.3, 0.4) is 0 Å². The summed E-state index contributed by atoms with van der Waals surface area (Å²) in [5, 5.41) is 5.44. The second-order valence-corrected chi connectivity index (χ2v) is 14.2. The molecular weight excluding hydrogens is 673 g/mol. The Kier molecular flexibility index (Phi) is 7.96. The molecule has 1 atom stereocenters. The van der Waals surface area contributed by atoms with Gasteiger partial charge >= 0.3 is 0 Å². The van der Waals surface area contributed by atoms with E-state index in [2.05, 4.69) is 158 Å². The molecule has 0 saturated carbocycles. The summed E-state index contributed by atoms with van der Waals surface area (Å²) in [6.45, 7) is 4.33. The number of allylic oxidation sites excluding steroid dienone is 2. The zero-order valence-electron chi connectivity index (χ0n) is 30.5. The van der Waals surface area contributed by atoms with E-state index in [9.17, 15) is 0 Å². The van der Waals surface area contributed by atoms with E-state index in [0.29, 0.717) is 0 Å². The van der Waals surface area contributed by atoms with Gasteiger partial charge in [-0.3, -0.25) is 9.98 Å². The Hall–Kier alpha value is -7.04. The summed E-state index contributed by atoms with van der Waals surface area (Å²) in [6, 6.07) is 56.9. The molecule has 0 fully saturated rings. The van der Waals surface area contributed by atoms with E-state index in [0.717, 1.165) is 99.4 Å². The van der Waals surface area contributed by atoms with Crippen molar-refractivity contribution < 1.29 is 8.83 Å². The van der Waals surface area contributed by atoms with Gasteiger partial charge in [0.05, 0.1) is 17.3 Å². The van der Waals surface area contributed by atoms with E-state index in [1.807, 2.05) is 36.5 Å². The monoisotopic (exact) mass is 708 g/mol. The van der Waals surface area contributed by atoms with Crippen molar-refractivity contribution in [2.24, 2.45) is 4.99 Å². The van der Waals surface area contributed by atoms with Gasteiger partial charge in [-0.25, -0.2) is 0 Å². The van der Waals surface area contributed by atoms with Gasteiger partial charge in [-0.15, -0.1) is 0 Å². The van der Waals surface area contributed by atoms with E-state index >= 15 is 0 Å². The van der Waals surface area contributed by atoms with Gasteiger partial charge in [-0.2, -0.15) is 0 Å². The molecular formula is C51H36N2O2. The van der Waals surface area contributed by atoms with Crippen molar-refractivity contribution in [1.29, 1.82) is 0 Å². The Morgan fingerprint density at radius 1 is 0.582 bits per heavy atom. The van der Waals surface area contributed by atoms with Crippen molar-refractivity contribution in [1.82, 2.24) is 4.98 Å².